The summed E-state index contributed by atoms with van der Waals surface area (Å²) in [4.78, 5) is 50.5. The molecule has 5 atom stereocenters. The maximum Gasteiger partial charge on any atom is 0.481 e. The van der Waals surface area contributed by atoms with Gasteiger partial charge in [-0.05, 0) is 0 Å². The van der Waals surface area contributed by atoms with Crippen molar-refractivity contribution in [1.82, 2.24) is 14.8 Å². The number of aromatic nitrogens is 3. The van der Waals surface area contributed by atoms with Crippen molar-refractivity contribution in [1.29, 1.82) is 0 Å². The van der Waals surface area contributed by atoms with Gasteiger partial charge in [0.15, 0.2) is 6.23 Å². The van der Waals surface area contributed by atoms with E-state index in [4.69, 9.17) is 19.4 Å². The van der Waals surface area contributed by atoms with E-state index in [9.17, 15) is 28.9 Å². The van der Waals surface area contributed by atoms with Crippen molar-refractivity contribution in [3.05, 3.63) is 27.0 Å². The standard InChI is InChI=1S/C8H13N3O12P2/c12-4-1-9-11(8(15)10-4)7-6(14)5(13)3(22-7)2-21-25(19,20)23-24(16,17)18/h1,3,5-7,13-14H,2H2,(H,19,20)(H,10,12,15)(H2,16,17,18)/t3-,5+,6-,7+/m0/s1. The van der Waals surface area contributed by atoms with E-state index < -0.39 is 58.0 Å². The fourth-order valence-corrected chi connectivity index (χ4v) is 3.54. The normalized spacial score (nSPS) is 29.5. The molecule has 1 aliphatic heterocycles. The Labute approximate surface area is 137 Å². The van der Waals surface area contributed by atoms with Crippen LogP contribution in [0.1, 0.15) is 6.23 Å². The van der Waals surface area contributed by atoms with Crippen LogP contribution in [0.15, 0.2) is 15.8 Å². The summed E-state index contributed by atoms with van der Waals surface area (Å²) in [5.41, 5.74) is -1.87. The number of nitrogens with one attached hydrogen (secondary N) is 1. The fraction of sp³-hybridized carbons (Fsp3) is 0.625. The number of rotatable bonds is 6. The third-order valence-electron chi connectivity index (χ3n) is 2.93. The average molecular weight is 405 g/mol. The Morgan fingerprint density at radius 3 is 2.44 bits per heavy atom. The molecular weight excluding hydrogens is 392 g/mol. The van der Waals surface area contributed by atoms with Gasteiger partial charge in [-0.25, -0.2) is 13.9 Å². The third-order valence-corrected chi connectivity index (χ3v) is 5.08. The van der Waals surface area contributed by atoms with E-state index in [1.54, 1.807) is 0 Å². The zero-order valence-electron chi connectivity index (χ0n) is 12.0. The molecule has 2 heterocycles. The molecule has 1 aliphatic rings. The van der Waals surface area contributed by atoms with Crippen molar-refractivity contribution >= 4 is 15.6 Å². The van der Waals surface area contributed by atoms with E-state index in [0.717, 1.165) is 0 Å². The Bertz CT molecular complexity index is 830. The molecule has 142 valence electrons. The lowest BCUT2D eigenvalue weighted by molar-refractivity contribution is -0.0610. The molecule has 0 aromatic carbocycles. The molecule has 2 rings (SSSR count). The molecule has 0 amide bonds. The Kier molecular flexibility index (Phi) is 5.75. The monoisotopic (exact) mass is 405 g/mol. The minimum absolute atomic E-state index is 0.514. The zero-order chi connectivity index (χ0) is 19.0. The van der Waals surface area contributed by atoms with E-state index in [0.29, 0.717) is 10.9 Å². The van der Waals surface area contributed by atoms with Crippen molar-refractivity contribution in [2.24, 2.45) is 0 Å². The number of H-pyrrole nitrogens is 1. The van der Waals surface area contributed by atoms with E-state index in [-0.39, 0.29) is 0 Å². The first-order valence-electron chi connectivity index (χ1n) is 6.33. The van der Waals surface area contributed by atoms with Crippen molar-refractivity contribution < 1.29 is 47.6 Å². The van der Waals surface area contributed by atoms with Gasteiger partial charge in [-0.3, -0.25) is 14.3 Å². The number of aromatic amines is 1. The van der Waals surface area contributed by atoms with Crippen molar-refractivity contribution in [2.45, 2.75) is 24.5 Å². The fourth-order valence-electron chi connectivity index (χ4n) is 1.94. The second-order valence-electron chi connectivity index (χ2n) is 4.77. The Balaban J connectivity index is 2.09. The molecule has 0 bridgehead atoms. The van der Waals surface area contributed by atoms with Gasteiger partial charge in [0.05, 0.1) is 6.61 Å². The first-order chi connectivity index (χ1) is 11.4. The van der Waals surface area contributed by atoms with Gasteiger partial charge in [-0.15, -0.1) is 0 Å². The van der Waals surface area contributed by atoms with Crippen LogP contribution in [0.2, 0.25) is 0 Å². The number of aliphatic hydroxyl groups is 2. The molecule has 1 aromatic heterocycles. The predicted molar refractivity (Wildman–Crippen MR) is 73.9 cm³/mol. The van der Waals surface area contributed by atoms with Crippen molar-refractivity contribution in [3.8, 4) is 0 Å². The highest BCUT2D eigenvalue weighted by atomic mass is 31.3. The Hall–Kier alpha value is -1.25. The molecule has 1 fully saturated rings. The summed E-state index contributed by atoms with van der Waals surface area (Å²) in [7, 11) is -10.5. The highest BCUT2D eigenvalue weighted by Crippen LogP contribution is 2.57. The summed E-state index contributed by atoms with van der Waals surface area (Å²) >= 11 is 0. The molecule has 1 aromatic rings. The first-order valence-corrected chi connectivity index (χ1v) is 9.36. The van der Waals surface area contributed by atoms with Gasteiger partial charge in [0, 0.05) is 0 Å². The highest BCUT2D eigenvalue weighted by molar-refractivity contribution is 7.60. The maximum atomic E-state index is 11.6. The van der Waals surface area contributed by atoms with Crippen LogP contribution in [0.3, 0.4) is 0 Å². The van der Waals surface area contributed by atoms with Crippen LogP contribution < -0.4 is 11.2 Å². The molecule has 17 heteroatoms. The van der Waals surface area contributed by atoms with Crippen LogP contribution in [0.4, 0.5) is 0 Å². The van der Waals surface area contributed by atoms with Crippen LogP contribution in [-0.2, 0) is 22.7 Å². The van der Waals surface area contributed by atoms with Crippen LogP contribution in [-0.4, -0.2) is 64.6 Å². The second-order valence-corrected chi connectivity index (χ2v) is 7.60. The van der Waals surface area contributed by atoms with Gasteiger partial charge in [-0.1, -0.05) is 0 Å². The van der Waals surface area contributed by atoms with Crippen molar-refractivity contribution in [3.63, 3.8) is 0 Å². The molecule has 0 aliphatic carbocycles. The van der Waals surface area contributed by atoms with Gasteiger partial charge < -0.3 is 29.6 Å². The van der Waals surface area contributed by atoms with Gasteiger partial charge in [0.25, 0.3) is 5.56 Å². The molecule has 15 nitrogen and oxygen atoms in total. The number of phosphoric acid groups is 2. The number of phosphoric ester groups is 1. The predicted octanol–water partition coefficient (Wildman–Crippen LogP) is -3.22. The molecule has 0 radical (unpaired) electrons. The smallest absolute Gasteiger partial charge is 0.387 e. The number of hydrogen-bond donors (Lipinski definition) is 6. The SMILES string of the molecule is O=c1cnn([C@@H]2O[C@@H](COP(=O)(O)OP(=O)(O)O)[C@@H](O)[C@@H]2O)c(=O)[nH]1. The Morgan fingerprint density at radius 2 is 1.88 bits per heavy atom. The molecule has 1 unspecified atom stereocenters. The van der Waals surface area contributed by atoms with Crippen LogP contribution in [0.25, 0.3) is 0 Å². The molecule has 0 saturated carbocycles. The van der Waals surface area contributed by atoms with Crippen LogP contribution in [0, 0.1) is 0 Å². The summed E-state index contributed by atoms with van der Waals surface area (Å²) in [6, 6.07) is 0. The number of ether oxygens (including phenoxy) is 1. The first kappa shape index (κ1) is 20.1. The third kappa shape index (κ3) is 5.12. The van der Waals surface area contributed by atoms with E-state index in [2.05, 4.69) is 13.9 Å². The quantitative estimate of drug-likeness (QED) is 0.256. The number of aliphatic hydroxyl groups excluding tert-OH is 2. The Morgan fingerprint density at radius 1 is 1.24 bits per heavy atom. The van der Waals surface area contributed by atoms with E-state index >= 15 is 0 Å². The lowest BCUT2D eigenvalue weighted by Gasteiger charge is -2.17. The highest BCUT2D eigenvalue weighted by Gasteiger charge is 2.46. The number of hydrogen-bond acceptors (Lipinski definition) is 10. The van der Waals surface area contributed by atoms with E-state index in [1.807, 2.05) is 4.98 Å². The molecule has 25 heavy (non-hydrogen) atoms. The maximum absolute atomic E-state index is 11.6. The van der Waals surface area contributed by atoms with Crippen LogP contribution in [0.5, 0.6) is 0 Å². The summed E-state index contributed by atoms with van der Waals surface area (Å²) in [6.07, 6.45) is -5.79. The largest absolute Gasteiger partial charge is 0.481 e. The van der Waals surface area contributed by atoms with Gasteiger partial charge in [-0.2, -0.15) is 14.1 Å². The molecule has 1 saturated heterocycles. The zero-order valence-corrected chi connectivity index (χ0v) is 13.8. The minimum atomic E-state index is -5.33. The summed E-state index contributed by atoms with van der Waals surface area (Å²) in [5.74, 6) is 0. The summed E-state index contributed by atoms with van der Waals surface area (Å²) in [6.45, 7) is -0.930. The lowest BCUT2D eigenvalue weighted by Crippen LogP contribution is -2.39. The average Bonchev–Trinajstić information content (AvgIpc) is 2.71. The summed E-state index contributed by atoms with van der Waals surface area (Å²) < 4.78 is 35.3. The number of nitrogens with zero attached hydrogens (tertiary/aromatic N) is 2. The molecule has 0 spiro atoms. The van der Waals surface area contributed by atoms with Crippen molar-refractivity contribution in [2.75, 3.05) is 6.61 Å². The topological polar surface area (TPSA) is 231 Å². The van der Waals surface area contributed by atoms with Gasteiger partial charge in [0.2, 0.25) is 0 Å². The lowest BCUT2D eigenvalue weighted by atomic mass is 10.1. The minimum Gasteiger partial charge on any atom is -0.387 e. The van der Waals surface area contributed by atoms with Gasteiger partial charge in [0.1, 0.15) is 24.5 Å². The van der Waals surface area contributed by atoms with Gasteiger partial charge >= 0.3 is 21.3 Å². The second kappa shape index (κ2) is 7.17. The molecule has 6 N–H and O–H groups in total. The molecular formula is C8H13N3O12P2. The van der Waals surface area contributed by atoms with Crippen LogP contribution >= 0.6 is 15.6 Å². The van der Waals surface area contributed by atoms with E-state index in [1.165, 1.54) is 0 Å². The summed E-state index contributed by atoms with van der Waals surface area (Å²) in [5, 5.41) is 23.1.